The lowest BCUT2D eigenvalue weighted by Gasteiger charge is -2.16. The molecule has 0 aromatic carbocycles. The van der Waals surface area contributed by atoms with E-state index in [0.717, 1.165) is 35.0 Å². The van der Waals surface area contributed by atoms with Gasteiger partial charge >= 0.3 is 0 Å². The zero-order valence-corrected chi connectivity index (χ0v) is 13.1. The van der Waals surface area contributed by atoms with Gasteiger partial charge in [-0.1, -0.05) is 6.92 Å². The Kier molecular flexibility index (Phi) is 3.92. The Morgan fingerprint density at radius 1 is 1.52 bits per heavy atom. The Morgan fingerprint density at radius 2 is 2.38 bits per heavy atom. The number of fused-ring (bicyclic) bond motifs is 1. The Morgan fingerprint density at radius 3 is 3.14 bits per heavy atom. The van der Waals surface area contributed by atoms with Crippen molar-refractivity contribution in [1.82, 2.24) is 10.4 Å². The van der Waals surface area contributed by atoms with E-state index in [0.29, 0.717) is 0 Å². The van der Waals surface area contributed by atoms with E-state index < -0.39 is 0 Å². The Bertz CT molecular complexity index is 670. The van der Waals surface area contributed by atoms with Crippen LogP contribution in [0.25, 0.3) is 0 Å². The third-order valence-corrected chi connectivity index (χ3v) is 5.10. The lowest BCUT2D eigenvalue weighted by molar-refractivity contribution is 0.0959. The van der Waals surface area contributed by atoms with E-state index in [4.69, 9.17) is 0 Å². The number of amides is 1. The summed E-state index contributed by atoms with van der Waals surface area (Å²) >= 11 is 1.61. The summed E-state index contributed by atoms with van der Waals surface area (Å²) in [5.41, 5.74) is 5.67. The van der Waals surface area contributed by atoms with Gasteiger partial charge in [0.2, 0.25) is 0 Å². The van der Waals surface area contributed by atoms with Crippen LogP contribution in [0.5, 0.6) is 0 Å². The molecule has 0 radical (unpaired) electrons. The summed E-state index contributed by atoms with van der Waals surface area (Å²) in [4.78, 5) is 17.4. The minimum absolute atomic E-state index is 0.118. The summed E-state index contributed by atoms with van der Waals surface area (Å²) in [6.07, 6.45) is 5.24. The zero-order valence-electron chi connectivity index (χ0n) is 12.3. The number of aromatic nitrogens is 1. The zero-order chi connectivity index (χ0) is 14.8. The van der Waals surface area contributed by atoms with Gasteiger partial charge in [-0.15, -0.1) is 11.3 Å². The Labute approximate surface area is 128 Å². The lowest BCUT2D eigenvalue weighted by Crippen LogP contribution is -2.18. The first-order valence-electron chi connectivity index (χ1n) is 7.23. The van der Waals surface area contributed by atoms with Crippen LogP contribution in [-0.2, 0) is 12.8 Å². The van der Waals surface area contributed by atoms with Crippen molar-refractivity contribution in [3.63, 3.8) is 0 Å². The second-order valence-electron chi connectivity index (χ2n) is 5.63. The first-order valence-corrected chi connectivity index (χ1v) is 8.05. The molecule has 2 N–H and O–H groups in total. The van der Waals surface area contributed by atoms with Gasteiger partial charge in [-0.3, -0.25) is 4.79 Å². The van der Waals surface area contributed by atoms with E-state index in [1.165, 1.54) is 16.9 Å². The number of carbonyl (C=O) groups is 1. The lowest BCUT2D eigenvalue weighted by atomic mass is 9.90. The predicted octanol–water partition coefficient (Wildman–Crippen LogP) is 3.36. The number of hydrogen-bond donors (Lipinski definition) is 2. The fourth-order valence-corrected chi connectivity index (χ4v) is 3.72. The van der Waals surface area contributed by atoms with Gasteiger partial charge in [0.05, 0.1) is 16.3 Å². The van der Waals surface area contributed by atoms with E-state index in [9.17, 15) is 4.79 Å². The summed E-state index contributed by atoms with van der Waals surface area (Å²) in [5, 5.41) is 4.16. The van der Waals surface area contributed by atoms with Crippen LogP contribution in [0.1, 0.15) is 46.1 Å². The molecule has 2 aromatic rings. The number of hydrogen-bond acceptors (Lipinski definition) is 3. The molecule has 0 bridgehead atoms. The quantitative estimate of drug-likeness (QED) is 0.663. The van der Waals surface area contributed by atoms with Crippen LogP contribution >= 0.6 is 11.3 Å². The molecule has 2 heterocycles. The summed E-state index contributed by atoms with van der Waals surface area (Å²) in [6, 6.07) is 5.87. The molecule has 0 fully saturated rings. The van der Waals surface area contributed by atoms with Gasteiger partial charge in [-0.2, -0.15) is 5.10 Å². The van der Waals surface area contributed by atoms with Gasteiger partial charge in [-0.05, 0) is 55.9 Å². The molecule has 21 heavy (non-hydrogen) atoms. The average Bonchev–Trinajstić information content (AvgIpc) is 3.12. The van der Waals surface area contributed by atoms with Crippen molar-refractivity contribution < 1.29 is 4.79 Å². The number of thiophene rings is 1. The van der Waals surface area contributed by atoms with Gasteiger partial charge in [0.25, 0.3) is 5.91 Å². The number of carbonyl (C=O) groups excluding carboxylic acids is 1. The number of aryl methyl sites for hydroxylation is 1. The maximum absolute atomic E-state index is 12.2. The third-order valence-electron chi connectivity index (χ3n) is 3.87. The monoisotopic (exact) mass is 301 g/mol. The highest BCUT2D eigenvalue weighted by Crippen LogP contribution is 2.32. The first kappa shape index (κ1) is 14.1. The highest BCUT2D eigenvalue weighted by Gasteiger charge is 2.20. The van der Waals surface area contributed by atoms with Gasteiger partial charge in [0.15, 0.2) is 0 Å². The van der Waals surface area contributed by atoms with Crippen LogP contribution in [0.4, 0.5) is 0 Å². The number of H-pyrrole nitrogens is 1. The number of rotatable bonds is 3. The maximum atomic E-state index is 12.2. The number of aromatic amines is 1. The average molecular weight is 301 g/mol. The Hall–Kier alpha value is -1.88. The molecule has 1 aliphatic carbocycles. The fraction of sp³-hybridized carbons (Fsp3) is 0.375. The van der Waals surface area contributed by atoms with E-state index in [1.54, 1.807) is 11.3 Å². The van der Waals surface area contributed by atoms with Gasteiger partial charge in [0.1, 0.15) is 0 Å². The third kappa shape index (κ3) is 3.08. The molecular formula is C16H19N3OS. The van der Waals surface area contributed by atoms with Crippen molar-refractivity contribution in [3.05, 3.63) is 45.4 Å². The van der Waals surface area contributed by atoms with Crippen molar-refractivity contribution in [2.75, 3.05) is 0 Å². The molecule has 1 atom stereocenters. The minimum Gasteiger partial charge on any atom is -0.360 e. The summed E-state index contributed by atoms with van der Waals surface area (Å²) in [7, 11) is 0. The number of hydrazone groups is 1. The smallest absolute Gasteiger partial charge is 0.281 e. The highest BCUT2D eigenvalue weighted by atomic mass is 32.1. The van der Waals surface area contributed by atoms with Gasteiger partial charge in [0, 0.05) is 11.1 Å². The standard InChI is InChI=1S/C16H19N3OS/c1-10-5-6-14-12(8-10)9-15(21-14)16(20)19-18-11(2)13-4-3-7-17-13/h3-4,7,9-10,17H,5-6,8H2,1-2H3,(H,19,20)/b18-11-/t10-/m1/s1. The molecule has 3 rings (SSSR count). The molecule has 0 saturated heterocycles. The first-order chi connectivity index (χ1) is 10.1. The molecule has 0 aliphatic heterocycles. The molecule has 5 heteroatoms. The molecular weight excluding hydrogens is 282 g/mol. The molecule has 4 nitrogen and oxygen atoms in total. The van der Waals surface area contributed by atoms with Crippen molar-refractivity contribution in [2.45, 2.75) is 33.1 Å². The molecule has 0 spiro atoms. The van der Waals surface area contributed by atoms with Crippen molar-refractivity contribution in [1.29, 1.82) is 0 Å². The Balaban J connectivity index is 1.70. The van der Waals surface area contributed by atoms with Gasteiger partial charge in [-0.25, -0.2) is 5.43 Å². The van der Waals surface area contributed by atoms with E-state index in [-0.39, 0.29) is 5.91 Å². The highest BCUT2D eigenvalue weighted by molar-refractivity contribution is 7.14. The molecule has 110 valence electrons. The van der Waals surface area contributed by atoms with Gasteiger partial charge < -0.3 is 4.98 Å². The summed E-state index contributed by atoms with van der Waals surface area (Å²) in [6.45, 7) is 4.14. The molecule has 2 aromatic heterocycles. The molecule has 1 aliphatic rings. The van der Waals surface area contributed by atoms with Crippen molar-refractivity contribution >= 4 is 23.0 Å². The normalized spacial score (nSPS) is 18.4. The van der Waals surface area contributed by atoms with Crippen molar-refractivity contribution in [3.8, 4) is 0 Å². The number of nitrogens with one attached hydrogen (secondary N) is 2. The van der Waals surface area contributed by atoms with E-state index in [1.807, 2.05) is 31.3 Å². The number of nitrogens with zero attached hydrogens (tertiary/aromatic N) is 1. The van der Waals surface area contributed by atoms with E-state index in [2.05, 4.69) is 22.4 Å². The van der Waals surface area contributed by atoms with Crippen LogP contribution in [0.15, 0.2) is 29.5 Å². The molecule has 0 saturated carbocycles. The van der Waals surface area contributed by atoms with Crippen LogP contribution in [-0.4, -0.2) is 16.6 Å². The van der Waals surface area contributed by atoms with Crippen LogP contribution in [0.3, 0.4) is 0 Å². The van der Waals surface area contributed by atoms with Crippen LogP contribution in [0.2, 0.25) is 0 Å². The van der Waals surface area contributed by atoms with Crippen LogP contribution in [0, 0.1) is 5.92 Å². The molecule has 1 amide bonds. The molecule has 0 unspecified atom stereocenters. The fourth-order valence-electron chi connectivity index (χ4n) is 2.62. The second kappa shape index (κ2) is 5.85. The maximum Gasteiger partial charge on any atom is 0.281 e. The van der Waals surface area contributed by atoms with E-state index >= 15 is 0 Å². The second-order valence-corrected chi connectivity index (χ2v) is 6.77. The SMILES string of the molecule is C/C(=N/NC(=O)c1cc2c(s1)CC[C@@H](C)C2)c1ccc[nH]1. The van der Waals surface area contributed by atoms with Crippen molar-refractivity contribution in [2.24, 2.45) is 11.0 Å². The summed E-state index contributed by atoms with van der Waals surface area (Å²) in [5.74, 6) is 0.601. The predicted molar refractivity (Wildman–Crippen MR) is 86.0 cm³/mol. The van der Waals surface area contributed by atoms with Crippen LogP contribution < -0.4 is 5.43 Å². The summed E-state index contributed by atoms with van der Waals surface area (Å²) < 4.78 is 0. The minimum atomic E-state index is -0.118. The topological polar surface area (TPSA) is 57.2 Å². The largest absolute Gasteiger partial charge is 0.360 e.